The minimum absolute atomic E-state index is 0.0677. The number of benzene rings is 1. The van der Waals surface area contributed by atoms with Gasteiger partial charge in [0.15, 0.2) is 0 Å². The molecule has 0 spiro atoms. The predicted octanol–water partition coefficient (Wildman–Crippen LogP) is -1.10. The van der Waals surface area contributed by atoms with Gasteiger partial charge in [-0.15, -0.1) is 0 Å². The number of hydrogen-bond donors (Lipinski definition) is 6. The number of aromatic nitrogens is 2. The normalized spacial score (nSPS) is 17.1. The second-order valence-corrected chi connectivity index (χ2v) is 8.12. The highest BCUT2D eigenvalue weighted by atomic mass is 16.4. The number of carbonyl (C=O) groups is 4. The van der Waals surface area contributed by atoms with E-state index in [1.54, 1.807) is 12.1 Å². The van der Waals surface area contributed by atoms with Gasteiger partial charge in [-0.05, 0) is 37.0 Å². The van der Waals surface area contributed by atoms with Crippen molar-refractivity contribution < 1.29 is 29.4 Å². The lowest BCUT2D eigenvalue weighted by Crippen LogP contribution is -2.56. The van der Waals surface area contributed by atoms with Gasteiger partial charge in [-0.25, -0.2) is 4.98 Å². The maximum Gasteiger partial charge on any atom is 0.322 e. The minimum atomic E-state index is -1.21. The largest absolute Gasteiger partial charge is 0.508 e. The molecule has 3 amide bonds. The molecule has 7 N–H and O–H groups in total. The van der Waals surface area contributed by atoms with Crippen LogP contribution in [0.4, 0.5) is 0 Å². The molecule has 3 atom stereocenters. The molecule has 0 bridgehead atoms. The Balaban J connectivity index is 1.66. The second-order valence-electron chi connectivity index (χ2n) is 8.12. The molecule has 1 aliphatic heterocycles. The molecule has 1 saturated heterocycles. The quantitative estimate of drug-likeness (QED) is 0.251. The Morgan fingerprint density at radius 2 is 1.94 bits per heavy atom. The van der Waals surface area contributed by atoms with Crippen LogP contribution in [0.15, 0.2) is 36.8 Å². The number of nitrogens with zero attached hydrogens (tertiary/aromatic N) is 2. The number of carbonyl (C=O) groups excluding carboxylic acids is 3. The molecule has 182 valence electrons. The predicted molar refractivity (Wildman–Crippen MR) is 119 cm³/mol. The monoisotopic (exact) mass is 472 g/mol. The average Bonchev–Trinajstić information content (AvgIpc) is 3.50. The zero-order valence-corrected chi connectivity index (χ0v) is 18.4. The van der Waals surface area contributed by atoms with Gasteiger partial charge in [0.1, 0.15) is 24.4 Å². The van der Waals surface area contributed by atoms with E-state index in [0.29, 0.717) is 25.1 Å². The number of nitrogens with one attached hydrogen (secondary N) is 3. The average molecular weight is 473 g/mol. The molecule has 2 heterocycles. The maximum absolute atomic E-state index is 13.1. The highest BCUT2D eigenvalue weighted by molar-refractivity contribution is 5.94. The van der Waals surface area contributed by atoms with E-state index in [1.165, 1.54) is 29.6 Å². The fourth-order valence-corrected chi connectivity index (χ4v) is 3.87. The lowest BCUT2D eigenvalue weighted by molar-refractivity contribution is -0.141. The first-order valence-corrected chi connectivity index (χ1v) is 10.9. The fraction of sp³-hybridized carbons (Fsp3) is 0.409. The van der Waals surface area contributed by atoms with Gasteiger partial charge in [-0.3, -0.25) is 19.2 Å². The number of likely N-dealkylation sites (tertiary alicyclic amines) is 1. The number of phenols is 1. The number of imidazole rings is 1. The van der Waals surface area contributed by atoms with Crippen molar-refractivity contribution in [1.82, 2.24) is 25.5 Å². The van der Waals surface area contributed by atoms with E-state index in [2.05, 4.69) is 20.6 Å². The third-order valence-electron chi connectivity index (χ3n) is 5.57. The van der Waals surface area contributed by atoms with E-state index in [-0.39, 0.29) is 24.5 Å². The summed E-state index contributed by atoms with van der Waals surface area (Å²) in [4.78, 5) is 57.6. The molecule has 1 aliphatic rings. The van der Waals surface area contributed by atoms with Gasteiger partial charge in [-0.1, -0.05) is 12.1 Å². The number of rotatable bonds is 10. The van der Waals surface area contributed by atoms with Crippen LogP contribution in [0, 0.1) is 0 Å². The third-order valence-corrected chi connectivity index (χ3v) is 5.57. The molecule has 1 aromatic heterocycles. The van der Waals surface area contributed by atoms with E-state index >= 15 is 0 Å². The van der Waals surface area contributed by atoms with E-state index < -0.39 is 42.5 Å². The van der Waals surface area contributed by atoms with Crippen molar-refractivity contribution >= 4 is 23.7 Å². The van der Waals surface area contributed by atoms with Gasteiger partial charge < -0.3 is 36.5 Å². The summed E-state index contributed by atoms with van der Waals surface area (Å²) in [5.41, 5.74) is 7.47. The summed E-state index contributed by atoms with van der Waals surface area (Å²) in [7, 11) is 0. The van der Waals surface area contributed by atoms with Crippen LogP contribution in [0.3, 0.4) is 0 Å². The number of aromatic hydroxyl groups is 1. The minimum Gasteiger partial charge on any atom is -0.508 e. The fourth-order valence-electron chi connectivity index (χ4n) is 3.87. The molecule has 0 saturated carbocycles. The number of aromatic amines is 1. The Morgan fingerprint density at radius 1 is 1.21 bits per heavy atom. The highest BCUT2D eigenvalue weighted by Crippen LogP contribution is 2.20. The molecular weight excluding hydrogens is 444 g/mol. The summed E-state index contributed by atoms with van der Waals surface area (Å²) in [6.07, 6.45) is 4.25. The lowest BCUT2D eigenvalue weighted by atomic mass is 10.0. The molecule has 34 heavy (non-hydrogen) atoms. The number of carboxylic acid groups (broad SMARTS) is 1. The zero-order chi connectivity index (χ0) is 24.7. The number of aliphatic carboxylic acids is 1. The molecular formula is C22H28N6O6. The zero-order valence-electron chi connectivity index (χ0n) is 18.4. The van der Waals surface area contributed by atoms with Crippen molar-refractivity contribution in [2.75, 3.05) is 13.1 Å². The molecule has 3 rings (SSSR count). The number of H-pyrrole nitrogens is 1. The Bertz CT molecular complexity index is 1010. The number of nitrogens with two attached hydrogens (primary N) is 1. The van der Waals surface area contributed by atoms with Gasteiger partial charge in [0, 0.05) is 24.9 Å². The van der Waals surface area contributed by atoms with Gasteiger partial charge in [0.05, 0.1) is 12.4 Å². The number of amides is 3. The highest BCUT2D eigenvalue weighted by Gasteiger charge is 2.37. The number of carboxylic acids is 1. The molecule has 0 aliphatic carbocycles. The van der Waals surface area contributed by atoms with Crippen LogP contribution >= 0.6 is 0 Å². The lowest BCUT2D eigenvalue weighted by Gasteiger charge is -2.28. The standard InChI is InChI=1S/C22H28N6O6/c23-16(8-13-3-5-15(29)6-4-13)22(34)28-7-1-2-18(28)21(33)27-17(9-14-10-24-12-26-14)20(32)25-11-19(30)31/h3-6,10,12,16-18,29H,1-2,7-9,11,23H2,(H,24,26)(H,25,32)(H,27,33)(H,30,31). The van der Waals surface area contributed by atoms with Crippen molar-refractivity contribution in [3.05, 3.63) is 48.0 Å². The molecule has 1 aromatic carbocycles. The topological polar surface area (TPSA) is 191 Å². The van der Waals surface area contributed by atoms with Gasteiger partial charge in [0.2, 0.25) is 17.7 Å². The van der Waals surface area contributed by atoms with Crippen molar-refractivity contribution in [2.24, 2.45) is 5.73 Å². The summed E-state index contributed by atoms with van der Waals surface area (Å²) >= 11 is 0. The molecule has 12 heteroatoms. The van der Waals surface area contributed by atoms with E-state index in [4.69, 9.17) is 10.8 Å². The summed E-state index contributed by atoms with van der Waals surface area (Å²) in [6, 6.07) is 3.63. The first-order valence-electron chi connectivity index (χ1n) is 10.9. The first kappa shape index (κ1) is 24.7. The molecule has 1 fully saturated rings. The Hall–Kier alpha value is -3.93. The molecule has 12 nitrogen and oxygen atoms in total. The summed E-state index contributed by atoms with van der Waals surface area (Å²) in [5.74, 6) is -2.67. The van der Waals surface area contributed by atoms with Crippen LogP contribution in [0.5, 0.6) is 5.75 Å². The smallest absolute Gasteiger partial charge is 0.322 e. The van der Waals surface area contributed by atoms with Crippen LogP contribution in [-0.4, -0.2) is 80.0 Å². The van der Waals surface area contributed by atoms with Crippen LogP contribution < -0.4 is 16.4 Å². The van der Waals surface area contributed by atoms with Crippen LogP contribution in [0.1, 0.15) is 24.1 Å². The van der Waals surface area contributed by atoms with Crippen molar-refractivity contribution in [1.29, 1.82) is 0 Å². The van der Waals surface area contributed by atoms with Crippen LogP contribution in [0.2, 0.25) is 0 Å². The third kappa shape index (κ3) is 6.54. The van der Waals surface area contributed by atoms with E-state index in [9.17, 15) is 24.3 Å². The Labute approximate surface area is 195 Å². The van der Waals surface area contributed by atoms with Crippen molar-refractivity contribution in [3.63, 3.8) is 0 Å². The molecule has 3 unspecified atom stereocenters. The number of phenolic OH excluding ortho intramolecular Hbond substituents is 1. The second kappa shape index (κ2) is 11.3. The Morgan fingerprint density at radius 3 is 2.59 bits per heavy atom. The summed E-state index contributed by atoms with van der Waals surface area (Å²) < 4.78 is 0. The summed E-state index contributed by atoms with van der Waals surface area (Å²) in [5, 5.41) is 23.2. The number of hydrogen-bond acceptors (Lipinski definition) is 7. The Kier molecular flexibility index (Phi) is 8.19. The van der Waals surface area contributed by atoms with Crippen molar-refractivity contribution in [3.8, 4) is 5.75 Å². The van der Waals surface area contributed by atoms with E-state index in [1.807, 2.05) is 0 Å². The van der Waals surface area contributed by atoms with Gasteiger partial charge in [0.25, 0.3) is 0 Å². The van der Waals surface area contributed by atoms with Crippen LogP contribution in [0.25, 0.3) is 0 Å². The van der Waals surface area contributed by atoms with Gasteiger partial charge >= 0.3 is 5.97 Å². The van der Waals surface area contributed by atoms with Crippen LogP contribution in [-0.2, 0) is 32.0 Å². The molecule has 2 aromatic rings. The summed E-state index contributed by atoms with van der Waals surface area (Å²) in [6.45, 7) is -0.231. The maximum atomic E-state index is 13.1. The first-order chi connectivity index (χ1) is 16.2. The van der Waals surface area contributed by atoms with E-state index in [0.717, 1.165) is 5.56 Å². The van der Waals surface area contributed by atoms with Crippen molar-refractivity contribution in [2.45, 2.75) is 43.8 Å². The molecule has 0 radical (unpaired) electrons. The van der Waals surface area contributed by atoms with Gasteiger partial charge in [-0.2, -0.15) is 0 Å². The SMILES string of the molecule is NC(Cc1ccc(O)cc1)C(=O)N1CCCC1C(=O)NC(Cc1cnc[nH]1)C(=O)NCC(=O)O.